The summed E-state index contributed by atoms with van der Waals surface area (Å²) >= 11 is 3.53. The second kappa shape index (κ2) is 7.05. The molecule has 1 aliphatic rings. The number of carbonyl (C=O) groups excluding carboxylic acids is 1. The highest BCUT2D eigenvalue weighted by molar-refractivity contribution is 9.10. The van der Waals surface area contributed by atoms with Crippen LogP contribution in [0.3, 0.4) is 0 Å². The highest BCUT2D eigenvalue weighted by Crippen LogP contribution is 2.22. The Hall–Kier alpha value is -1.69. The average molecular weight is 363 g/mol. The number of aryl methyl sites for hydroxylation is 1. The summed E-state index contributed by atoms with van der Waals surface area (Å²) in [6.45, 7) is 1.61. The summed E-state index contributed by atoms with van der Waals surface area (Å²) in [5.74, 6) is 0.243. The van der Waals surface area contributed by atoms with Gasteiger partial charge in [0.1, 0.15) is 0 Å². The second-order valence-electron chi connectivity index (χ2n) is 5.59. The zero-order valence-corrected chi connectivity index (χ0v) is 13.9. The number of likely N-dealkylation sites (tertiary alicyclic amines) is 1. The van der Waals surface area contributed by atoms with E-state index in [-0.39, 0.29) is 5.91 Å². The van der Waals surface area contributed by atoms with Crippen molar-refractivity contribution in [3.63, 3.8) is 0 Å². The van der Waals surface area contributed by atoms with Crippen LogP contribution in [0.15, 0.2) is 41.1 Å². The van der Waals surface area contributed by atoms with Gasteiger partial charge in [-0.2, -0.15) is 0 Å². The molecule has 6 heteroatoms. The van der Waals surface area contributed by atoms with Crippen molar-refractivity contribution in [1.82, 2.24) is 19.9 Å². The first-order chi connectivity index (χ1) is 10.7. The predicted molar refractivity (Wildman–Crippen MR) is 87.3 cm³/mol. The van der Waals surface area contributed by atoms with E-state index in [1.54, 1.807) is 6.20 Å². The van der Waals surface area contributed by atoms with Gasteiger partial charge in [-0.3, -0.25) is 4.79 Å². The molecule has 0 saturated carbocycles. The molecule has 0 spiro atoms. The molecule has 0 bridgehead atoms. The Labute approximate surface area is 138 Å². The molecular weight excluding hydrogens is 344 g/mol. The maximum atomic E-state index is 12.4. The largest absolute Gasteiger partial charge is 0.343 e. The topological polar surface area (TPSA) is 51.0 Å². The van der Waals surface area contributed by atoms with Crippen molar-refractivity contribution < 1.29 is 4.79 Å². The molecule has 0 N–H and O–H groups in total. The number of rotatable bonds is 4. The lowest BCUT2D eigenvalue weighted by molar-refractivity contribution is -0.132. The third-order valence-electron chi connectivity index (χ3n) is 4.20. The van der Waals surface area contributed by atoms with Crippen LogP contribution in [0.4, 0.5) is 0 Å². The van der Waals surface area contributed by atoms with E-state index in [4.69, 9.17) is 0 Å². The monoisotopic (exact) mass is 362 g/mol. The van der Waals surface area contributed by atoms with E-state index in [0.29, 0.717) is 12.5 Å². The lowest BCUT2D eigenvalue weighted by atomic mass is 10.0. The number of carbonyl (C=O) groups is 1. The van der Waals surface area contributed by atoms with Gasteiger partial charge in [0, 0.05) is 30.2 Å². The fourth-order valence-electron chi connectivity index (χ4n) is 2.89. The number of piperidine rings is 1. The third kappa shape index (κ3) is 3.55. The summed E-state index contributed by atoms with van der Waals surface area (Å²) in [4.78, 5) is 14.3. The molecule has 0 aliphatic carbocycles. The molecule has 1 aliphatic heterocycles. The van der Waals surface area contributed by atoms with Gasteiger partial charge in [-0.25, -0.2) is 4.68 Å². The van der Waals surface area contributed by atoms with Gasteiger partial charge in [0.05, 0.1) is 12.2 Å². The van der Waals surface area contributed by atoms with Gasteiger partial charge in [-0.05, 0) is 30.9 Å². The first-order valence-corrected chi connectivity index (χ1v) is 8.40. The molecule has 2 aromatic rings. The number of nitrogens with zero attached hydrogens (tertiary/aromatic N) is 4. The summed E-state index contributed by atoms with van der Waals surface area (Å²) in [5.41, 5.74) is 1.19. The fourth-order valence-corrected chi connectivity index (χ4v) is 3.38. The molecule has 1 saturated heterocycles. The average Bonchev–Trinajstić information content (AvgIpc) is 3.08. The molecule has 3 rings (SSSR count). The first kappa shape index (κ1) is 15.2. The van der Waals surface area contributed by atoms with Gasteiger partial charge < -0.3 is 4.90 Å². The van der Waals surface area contributed by atoms with E-state index < -0.39 is 0 Å². The van der Waals surface area contributed by atoms with E-state index in [0.717, 1.165) is 36.8 Å². The minimum absolute atomic E-state index is 0.243. The number of hydrogen-bond acceptors (Lipinski definition) is 3. The van der Waals surface area contributed by atoms with Crippen molar-refractivity contribution in [2.45, 2.75) is 31.7 Å². The van der Waals surface area contributed by atoms with E-state index in [2.05, 4.69) is 32.3 Å². The Morgan fingerprint density at radius 2 is 2.05 bits per heavy atom. The van der Waals surface area contributed by atoms with Gasteiger partial charge in [-0.15, -0.1) is 5.10 Å². The normalized spacial score (nSPS) is 16.0. The first-order valence-electron chi connectivity index (χ1n) is 7.61. The minimum atomic E-state index is 0.243. The standard InChI is InChI=1S/C16H19BrN4O/c17-15-4-2-1-3-13(15)5-6-16(22)20-10-7-14(8-11-20)21-12-9-18-19-21/h1-4,9,12,14H,5-8,10-11H2. The molecule has 1 fully saturated rings. The maximum absolute atomic E-state index is 12.4. The molecule has 22 heavy (non-hydrogen) atoms. The quantitative estimate of drug-likeness (QED) is 0.840. The third-order valence-corrected chi connectivity index (χ3v) is 4.97. The highest BCUT2D eigenvalue weighted by atomic mass is 79.9. The van der Waals surface area contributed by atoms with Crippen LogP contribution in [-0.2, 0) is 11.2 Å². The zero-order valence-electron chi connectivity index (χ0n) is 12.4. The van der Waals surface area contributed by atoms with E-state index in [9.17, 15) is 4.79 Å². The Morgan fingerprint density at radius 1 is 1.27 bits per heavy atom. The maximum Gasteiger partial charge on any atom is 0.222 e. The van der Waals surface area contributed by atoms with Crippen LogP contribution in [0, 0.1) is 0 Å². The molecule has 116 valence electrons. The van der Waals surface area contributed by atoms with Crippen LogP contribution in [0.1, 0.15) is 30.9 Å². The van der Waals surface area contributed by atoms with Crippen molar-refractivity contribution in [2.75, 3.05) is 13.1 Å². The van der Waals surface area contributed by atoms with Gasteiger partial charge in [0.2, 0.25) is 5.91 Å². The SMILES string of the molecule is O=C(CCc1ccccc1Br)N1CCC(n2ccnn2)CC1. The van der Waals surface area contributed by atoms with Crippen LogP contribution in [0.5, 0.6) is 0 Å². The number of benzene rings is 1. The smallest absolute Gasteiger partial charge is 0.222 e. The van der Waals surface area contributed by atoms with E-state index >= 15 is 0 Å². The molecule has 0 atom stereocenters. The Bertz CT molecular complexity index is 621. The van der Waals surface area contributed by atoms with Crippen LogP contribution >= 0.6 is 15.9 Å². The lowest BCUT2D eigenvalue weighted by Crippen LogP contribution is -2.39. The Balaban J connectivity index is 1.49. The Kier molecular flexibility index (Phi) is 4.87. The molecule has 0 unspecified atom stereocenters. The van der Waals surface area contributed by atoms with Crippen LogP contribution in [0.25, 0.3) is 0 Å². The van der Waals surface area contributed by atoms with Gasteiger partial charge in [-0.1, -0.05) is 39.3 Å². The summed E-state index contributed by atoms with van der Waals surface area (Å²) in [6, 6.07) is 8.45. The van der Waals surface area contributed by atoms with Gasteiger partial charge in [0.15, 0.2) is 0 Å². The summed E-state index contributed by atoms with van der Waals surface area (Å²) < 4.78 is 2.98. The Morgan fingerprint density at radius 3 is 2.73 bits per heavy atom. The van der Waals surface area contributed by atoms with Crippen molar-refractivity contribution >= 4 is 21.8 Å². The molecule has 1 aromatic carbocycles. The molecule has 5 nitrogen and oxygen atoms in total. The zero-order chi connectivity index (χ0) is 15.4. The van der Waals surface area contributed by atoms with Crippen molar-refractivity contribution in [3.05, 3.63) is 46.7 Å². The summed E-state index contributed by atoms with van der Waals surface area (Å²) in [7, 11) is 0. The van der Waals surface area contributed by atoms with Crippen molar-refractivity contribution in [1.29, 1.82) is 0 Å². The molecule has 0 radical (unpaired) electrons. The fraction of sp³-hybridized carbons (Fsp3) is 0.438. The van der Waals surface area contributed by atoms with Crippen LogP contribution < -0.4 is 0 Å². The molecule has 2 heterocycles. The molecule has 1 amide bonds. The summed E-state index contributed by atoms with van der Waals surface area (Å²) in [5, 5.41) is 7.90. The van der Waals surface area contributed by atoms with E-state index in [1.165, 1.54) is 5.56 Å². The number of halogens is 1. The van der Waals surface area contributed by atoms with Crippen LogP contribution in [-0.4, -0.2) is 38.9 Å². The van der Waals surface area contributed by atoms with Gasteiger partial charge in [0.25, 0.3) is 0 Å². The highest BCUT2D eigenvalue weighted by Gasteiger charge is 2.23. The van der Waals surface area contributed by atoms with Crippen molar-refractivity contribution in [2.24, 2.45) is 0 Å². The van der Waals surface area contributed by atoms with E-state index in [1.807, 2.05) is 34.0 Å². The number of hydrogen-bond donors (Lipinski definition) is 0. The van der Waals surface area contributed by atoms with Gasteiger partial charge >= 0.3 is 0 Å². The molecular formula is C16H19BrN4O. The minimum Gasteiger partial charge on any atom is -0.343 e. The predicted octanol–water partition coefficient (Wildman–Crippen LogP) is 2.84. The molecule has 1 aromatic heterocycles. The number of amides is 1. The second-order valence-corrected chi connectivity index (χ2v) is 6.44. The van der Waals surface area contributed by atoms with Crippen LogP contribution in [0.2, 0.25) is 0 Å². The lowest BCUT2D eigenvalue weighted by Gasteiger charge is -2.32. The number of aromatic nitrogens is 3. The summed E-state index contributed by atoms with van der Waals surface area (Å²) in [6.07, 6.45) is 6.85. The van der Waals surface area contributed by atoms with Crippen molar-refractivity contribution in [3.8, 4) is 0 Å².